The smallest absolute Gasteiger partial charge is 0.338 e. The number of hydrogen-bond acceptors (Lipinski definition) is 9. The second kappa shape index (κ2) is 12.6. The minimum absolute atomic E-state index is 0.00531. The Morgan fingerprint density at radius 2 is 1.63 bits per heavy atom. The molecule has 0 radical (unpaired) electrons. The Morgan fingerprint density at radius 3 is 2.33 bits per heavy atom. The maximum Gasteiger partial charge on any atom is 0.338 e. The van der Waals surface area contributed by atoms with Crippen molar-refractivity contribution in [2.45, 2.75) is 29.5 Å². The molecule has 1 aromatic heterocycles. The topological polar surface area (TPSA) is 135 Å². The molecule has 8 rings (SSSR count). The van der Waals surface area contributed by atoms with E-state index in [-0.39, 0.29) is 76.6 Å². The highest BCUT2D eigenvalue weighted by molar-refractivity contribution is 9.10. The van der Waals surface area contributed by atoms with E-state index in [0.29, 0.717) is 22.7 Å². The highest BCUT2D eigenvalue weighted by Gasteiger charge is 2.69. The van der Waals surface area contributed by atoms with E-state index in [1.165, 1.54) is 16.2 Å². The number of thioether (sulfide) groups is 1. The second-order valence-electron chi connectivity index (χ2n) is 12.7. The number of carbonyl (C=O) groups excluding carboxylic acids is 4. The summed E-state index contributed by atoms with van der Waals surface area (Å²) in [6.07, 6.45) is 0.806. The monoisotopic (exact) mass is 759 g/mol. The van der Waals surface area contributed by atoms with Gasteiger partial charge in [0.15, 0.2) is 6.61 Å². The fourth-order valence-electron chi connectivity index (χ4n) is 8.26. The van der Waals surface area contributed by atoms with Gasteiger partial charge in [-0.15, -0.1) is 11.8 Å². The Balaban J connectivity index is 0.996. The number of H-pyrrole nitrogens is 1. The summed E-state index contributed by atoms with van der Waals surface area (Å²) >= 11 is 6.30. The van der Waals surface area contributed by atoms with Crippen molar-refractivity contribution in [2.24, 2.45) is 29.6 Å². The number of aromatic amines is 1. The van der Waals surface area contributed by atoms with E-state index in [4.69, 9.17) is 9.47 Å². The molecule has 3 amide bonds. The molecule has 4 aliphatic rings. The third-order valence-corrected chi connectivity index (χ3v) is 13.2. The number of thiazole rings is 1. The molecular formula is C36H30BrN3O7S2. The predicted molar refractivity (Wildman–Crippen MR) is 188 cm³/mol. The molecule has 2 aliphatic carbocycles. The van der Waals surface area contributed by atoms with Gasteiger partial charge in [0.25, 0.3) is 5.91 Å². The van der Waals surface area contributed by atoms with Crippen LogP contribution < -0.4 is 19.8 Å². The SMILES string of the molecule is CCOC(=O)c1ccc(NC(=O)COc2ccc([C@H]3c4sc(=O)[nH]c4SC4C5CC(C6C(=O)N(c7ccc(Br)cc7)C(=O)C56)C43)cc2)cc1. The van der Waals surface area contributed by atoms with E-state index in [9.17, 15) is 24.0 Å². The highest BCUT2D eigenvalue weighted by atomic mass is 79.9. The molecule has 3 fully saturated rings. The van der Waals surface area contributed by atoms with Crippen molar-refractivity contribution in [3.63, 3.8) is 0 Å². The molecule has 1 saturated heterocycles. The van der Waals surface area contributed by atoms with Gasteiger partial charge >= 0.3 is 10.8 Å². The molecule has 49 heavy (non-hydrogen) atoms. The number of ether oxygens (including phenoxy) is 2. The van der Waals surface area contributed by atoms with E-state index < -0.39 is 5.97 Å². The molecule has 7 atom stereocenters. The number of imide groups is 1. The Labute approximate surface area is 297 Å². The van der Waals surface area contributed by atoms with Crippen molar-refractivity contribution in [1.29, 1.82) is 0 Å². The molecule has 4 aromatic rings. The van der Waals surface area contributed by atoms with Crippen molar-refractivity contribution >= 4 is 74.1 Å². The van der Waals surface area contributed by atoms with Crippen molar-refractivity contribution in [3.05, 3.63) is 103 Å². The number of anilines is 2. The van der Waals surface area contributed by atoms with Crippen LogP contribution in [0.25, 0.3) is 0 Å². The van der Waals surface area contributed by atoms with Gasteiger partial charge in [0.2, 0.25) is 11.8 Å². The van der Waals surface area contributed by atoms with Crippen molar-refractivity contribution in [1.82, 2.24) is 4.98 Å². The van der Waals surface area contributed by atoms with E-state index in [1.807, 2.05) is 36.4 Å². The van der Waals surface area contributed by atoms with Gasteiger partial charge in [0.1, 0.15) is 5.75 Å². The molecule has 250 valence electrons. The summed E-state index contributed by atoms with van der Waals surface area (Å²) in [6.45, 7) is 1.80. The van der Waals surface area contributed by atoms with Crippen LogP contribution in [-0.4, -0.2) is 47.1 Å². The standard InChI is InChI=1S/C36H30BrN3O7S2/c1-2-46-35(44)18-3-9-20(10-4-18)38-25(41)16-47-22-13-5-17(6-14-22)26-27-23-15-24(30(27)48-32-31(26)49-36(45)39-32)29-28(23)33(42)40(34(29)43)21-11-7-19(37)8-12-21/h3-14,23-24,26-30H,2,15-16H2,1H3,(H,38,41)(H,39,45)/t23?,24?,26-,27?,28?,29?,30?/m1/s1. The number of carbonyl (C=O) groups is 4. The van der Waals surface area contributed by atoms with E-state index in [2.05, 4.69) is 26.2 Å². The number of aromatic nitrogens is 1. The van der Waals surface area contributed by atoms with Crippen LogP contribution in [0.2, 0.25) is 0 Å². The van der Waals surface area contributed by atoms with Gasteiger partial charge < -0.3 is 19.8 Å². The summed E-state index contributed by atoms with van der Waals surface area (Å²) < 4.78 is 11.7. The van der Waals surface area contributed by atoms with Crippen LogP contribution in [0.1, 0.15) is 40.1 Å². The number of halogens is 1. The van der Waals surface area contributed by atoms with Crippen LogP contribution in [0.15, 0.2) is 87.1 Å². The van der Waals surface area contributed by atoms with Crippen molar-refractivity contribution in [3.8, 4) is 5.75 Å². The molecule has 10 nitrogen and oxygen atoms in total. The van der Waals surface area contributed by atoms with E-state index >= 15 is 0 Å². The molecule has 13 heteroatoms. The van der Waals surface area contributed by atoms with Gasteiger partial charge in [-0.3, -0.25) is 24.1 Å². The Kier molecular flexibility index (Phi) is 8.24. The number of esters is 1. The first-order chi connectivity index (χ1) is 23.7. The second-order valence-corrected chi connectivity index (χ2v) is 15.8. The zero-order valence-corrected chi connectivity index (χ0v) is 29.3. The van der Waals surface area contributed by atoms with Gasteiger partial charge in [-0.1, -0.05) is 39.4 Å². The number of nitrogens with one attached hydrogen (secondary N) is 2. The quantitative estimate of drug-likeness (QED) is 0.163. The maximum atomic E-state index is 14.0. The van der Waals surface area contributed by atoms with Crippen LogP contribution in [0.5, 0.6) is 5.75 Å². The van der Waals surface area contributed by atoms with E-state index in [0.717, 1.165) is 26.4 Å². The molecule has 2 N–H and O–H groups in total. The Hall–Kier alpha value is -4.20. The summed E-state index contributed by atoms with van der Waals surface area (Å²) in [5.74, 6) is -1.28. The highest BCUT2D eigenvalue weighted by Crippen LogP contribution is 2.68. The van der Waals surface area contributed by atoms with Gasteiger partial charge in [0, 0.05) is 26.2 Å². The molecule has 2 bridgehead atoms. The van der Waals surface area contributed by atoms with Gasteiger partial charge in [-0.25, -0.2) is 4.79 Å². The van der Waals surface area contributed by atoms with Gasteiger partial charge in [0.05, 0.1) is 34.7 Å². The summed E-state index contributed by atoms with van der Waals surface area (Å²) in [4.78, 5) is 70.1. The number of fused-ring (bicyclic) bond motifs is 9. The lowest BCUT2D eigenvalue weighted by molar-refractivity contribution is -0.123. The first kappa shape index (κ1) is 32.0. The average molecular weight is 761 g/mol. The molecule has 3 heterocycles. The summed E-state index contributed by atoms with van der Waals surface area (Å²) in [6, 6.07) is 21.3. The number of rotatable bonds is 8. The maximum absolute atomic E-state index is 14.0. The molecular weight excluding hydrogens is 730 g/mol. The first-order valence-corrected chi connectivity index (χ1v) is 18.5. The third-order valence-electron chi connectivity index (χ3n) is 10.1. The predicted octanol–water partition coefficient (Wildman–Crippen LogP) is 6.07. The lowest BCUT2D eigenvalue weighted by atomic mass is 9.68. The van der Waals surface area contributed by atoms with Crippen LogP contribution in [0.4, 0.5) is 11.4 Å². The lowest BCUT2D eigenvalue weighted by Gasteiger charge is -2.43. The van der Waals surface area contributed by atoms with Crippen molar-refractivity contribution in [2.75, 3.05) is 23.4 Å². The zero-order chi connectivity index (χ0) is 34.0. The normalized spacial score (nSPS) is 26.2. The van der Waals surface area contributed by atoms with Crippen molar-refractivity contribution < 1.29 is 28.7 Å². The van der Waals surface area contributed by atoms with Crippen LogP contribution in [-0.2, 0) is 19.1 Å². The Morgan fingerprint density at radius 1 is 0.939 bits per heavy atom. The number of benzene rings is 3. The number of nitrogens with zero attached hydrogens (tertiary/aromatic N) is 1. The van der Waals surface area contributed by atoms with Crippen LogP contribution >= 0.6 is 39.0 Å². The third kappa shape index (κ3) is 5.51. The van der Waals surface area contributed by atoms with Gasteiger partial charge in [-0.05, 0) is 97.3 Å². The Bertz CT molecular complexity index is 2030. The van der Waals surface area contributed by atoms with Crippen LogP contribution in [0.3, 0.4) is 0 Å². The number of hydrogen-bond donors (Lipinski definition) is 2. The minimum atomic E-state index is -0.424. The summed E-state index contributed by atoms with van der Waals surface area (Å²) in [5, 5.41) is 3.69. The molecule has 2 aliphatic heterocycles. The molecule has 6 unspecified atom stereocenters. The largest absolute Gasteiger partial charge is 0.484 e. The van der Waals surface area contributed by atoms with Crippen LogP contribution in [0, 0.1) is 29.6 Å². The van der Waals surface area contributed by atoms with E-state index in [1.54, 1.807) is 55.1 Å². The summed E-state index contributed by atoms with van der Waals surface area (Å²) in [5.41, 5.74) is 2.52. The average Bonchev–Trinajstić information content (AvgIpc) is 3.84. The molecule has 2 saturated carbocycles. The number of amides is 3. The fourth-order valence-corrected chi connectivity index (χ4v) is 11.4. The minimum Gasteiger partial charge on any atom is -0.484 e. The summed E-state index contributed by atoms with van der Waals surface area (Å²) in [7, 11) is 0. The molecule has 3 aromatic carbocycles. The van der Waals surface area contributed by atoms with Gasteiger partial charge in [-0.2, -0.15) is 0 Å². The first-order valence-electron chi connectivity index (χ1n) is 16.0. The molecule has 0 spiro atoms. The fraction of sp³-hybridized carbons (Fsp3) is 0.306. The lowest BCUT2D eigenvalue weighted by Crippen LogP contribution is -2.42. The zero-order valence-electron chi connectivity index (χ0n) is 26.1.